The first kappa shape index (κ1) is 24.0. The number of hydrogen-bond donors (Lipinski definition) is 1. The van der Waals surface area contributed by atoms with E-state index in [4.69, 9.17) is 23.9 Å². The van der Waals surface area contributed by atoms with Gasteiger partial charge in [0.25, 0.3) is 5.91 Å². The van der Waals surface area contributed by atoms with E-state index in [0.717, 1.165) is 37.6 Å². The second-order valence-electron chi connectivity index (χ2n) is 8.95. The van der Waals surface area contributed by atoms with Crippen molar-refractivity contribution in [2.24, 2.45) is 0 Å². The molecular formula is C28H29N7O3. The molecule has 4 heterocycles. The highest BCUT2D eigenvalue weighted by Crippen LogP contribution is 2.30. The molecule has 1 saturated heterocycles. The summed E-state index contributed by atoms with van der Waals surface area (Å²) in [6, 6.07) is 25.7. The van der Waals surface area contributed by atoms with Gasteiger partial charge in [-0.1, -0.05) is 48.5 Å². The van der Waals surface area contributed by atoms with E-state index in [2.05, 4.69) is 44.5 Å². The van der Waals surface area contributed by atoms with E-state index in [-0.39, 0.29) is 0 Å². The van der Waals surface area contributed by atoms with Crippen molar-refractivity contribution in [1.29, 1.82) is 0 Å². The van der Waals surface area contributed by atoms with Crippen molar-refractivity contribution in [2.75, 3.05) is 55.5 Å². The van der Waals surface area contributed by atoms with Gasteiger partial charge in [-0.2, -0.15) is 9.50 Å². The highest BCUT2D eigenvalue weighted by molar-refractivity contribution is 5.61. The molecule has 194 valence electrons. The Balaban J connectivity index is 1.38. The lowest BCUT2D eigenvalue weighted by atomic mass is 10.1. The van der Waals surface area contributed by atoms with E-state index in [1.54, 1.807) is 25.0 Å². The number of methoxy groups -OCH3 is 2. The van der Waals surface area contributed by atoms with Gasteiger partial charge in [-0.3, -0.25) is 5.32 Å². The molecule has 0 spiro atoms. The Bertz CT molecular complexity index is 1480. The molecule has 6 rings (SSSR count). The van der Waals surface area contributed by atoms with Crippen LogP contribution in [-0.2, 0) is 15.4 Å². The van der Waals surface area contributed by atoms with E-state index < -0.39 is 5.91 Å². The minimum atomic E-state index is -1.29. The van der Waals surface area contributed by atoms with Crippen molar-refractivity contribution in [3.63, 3.8) is 0 Å². The maximum absolute atomic E-state index is 5.88. The summed E-state index contributed by atoms with van der Waals surface area (Å²) >= 11 is 0. The van der Waals surface area contributed by atoms with Crippen molar-refractivity contribution in [3.8, 4) is 11.6 Å². The smallest absolute Gasteiger partial charge is 0.279 e. The Morgan fingerprint density at radius 3 is 2.16 bits per heavy atom. The van der Waals surface area contributed by atoms with Crippen LogP contribution in [0.15, 0.2) is 89.5 Å². The monoisotopic (exact) mass is 511 g/mol. The minimum absolute atomic E-state index is 0.431. The molecule has 5 aromatic rings. The summed E-state index contributed by atoms with van der Waals surface area (Å²) in [7, 11) is 3.17. The second kappa shape index (κ2) is 10.2. The van der Waals surface area contributed by atoms with E-state index in [1.165, 1.54) is 5.69 Å². The van der Waals surface area contributed by atoms with Crippen LogP contribution in [0.4, 0.5) is 17.5 Å². The quantitative estimate of drug-likeness (QED) is 0.307. The first-order valence-corrected chi connectivity index (χ1v) is 12.5. The van der Waals surface area contributed by atoms with Gasteiger partial charge in [0.2, 0.25) is 11.8 Å². The SMILES string of the molecule is COC(Nc1nc(N2CCN(c3ccccc3)CC2)cc2nc(-c3ccco3)nn12)(OC)c1ccccc1. The minimum Gasteiger partial charge on any atom is -0.461 e. The maximum atomic E-state index is 5.88. The number of nitrogens with zero attached hydrogens (tertiary/aromatic N) is 6. The highest BCUT2D eigenvalue weighted by Gasteiger charge is 2.34. The second-order valence-corrected chi connectivity index (χ2v) is 8.95. The molecular weight excluding hydrogens is 482 g/mol. The number of rotatable bonds is 8. The van der Waals surface area contributed by atoms with Crippen LogP contribution in [-0.4, -0.2) is 60.0 Å². The van der Waals surface area contributed by atoms with Crippen molar-refractivity contribution in [1.82, 2.24) is 19.6 Å². The number of nitrogens with one attached hydrogen (secondary N) is 1. The van der Waals surface area contributed by atoms with E-state index in [0.29, 0.717) is 23.2 Å². The summed E-state index contributed by atoms with van der Waals surface area (Å²) in [6.07, 6.45) is 1.60. The molecule has 1 aliphatic rings. The zero-order valence-electron chi connectivity index (χ0n) is 21.3. The topological polar surface area (TPSA) is 93.2 Å². The number of ether oxygens (including phenoxy) is 2. The molecule has 10 heteroatoms. The van der Waals surface area contributed by atoms with Gasteiger partial charge >= 0.3 is 0 Å². The first-order valence-electron chi connectivity index (χ1n) is 12.5. The third-order valence-electron chi connectivity index (χ3n) is 6.78. The van der Waals surface area contributed by atoms with Crippen LogP contribution in [0.25, 0.3) is 17.2 Å². The Morgan fingerprint density at radius 2 is 1.50 bits per heavy atom. The van der Waals surface area contributed by atoms with Crippen LogP contribution in [0.5, 0.6) is 0 Å². The van der Waals surface area contributed by atoms with Gasteiger partial charge in [0.15, 0.2) is 11.4 Å². The number of furan rings is 1. The molecule has 2 aromatic carbocycles. The Labute approximate surface area is 220 Å². The van der Waals surface area contributed by atoms with Gasteiger partial charge in [-0.05, 0) is 24.3 Å². The zero-order chi connectivity index (χ0) is 26.0. The van der Waals surface area contributed by atoms with Crippen LogP contribution in [0.2, 0.25) is 0 Å². The van der Waals surface area contributed by atoms with E-state index in [9.17, 15) is 0 Å². The number of para-hydroxylation sites is 1. The summed E-state index contributed by atoms with van der Waals surface area (Å²) in [4.78, 5) is 14.4. The number of anilines is 3. The van der Waals surface area contributed by atoms with Crippen LogP contribution in [0, 0.1) is 0 Å². The van der Waals surface area contributed by atoms with Crippen LogP contribution in [0.3, 0.4) is 0 Å². The fourth-order valence-corrected chi connectivity index (χ4v) is 4.76. The van der Waals surface area contributed by atoms with Gasteiger partial charge in [-0.25, -0.2) is 4.98 Å². The lowest BCUT2D eigenvalue weighted by Gasteiger charge is -2.37. The van der Waals surface area contributed by atoms with Gasteiger partial charge in [0, 0.05) is 57.7 Å². The van der Waals surface area contributed by atoms with Gasteiger partial charge in [0.1, 0.15) is 5.82 Å². The third-order valence-corrected chi connectivity index (χ3v) is 6.78. The maximum Gasteiger partial charge on any atom is 0.279 e. The number of benzene rings is 2. The van der Waals surface area contributed by atoms with Crippen LogP contribution >= 0.6 is 0 Å². The Kier molecular flexibility index (Phi) is 6.40. The summed E-state index contributed by atoms with van der Waals surface area (Å²) < 4.78 is 19.0. The van der Waals surface area contributed by atoms with Gasteiger partial charge in [0.05, 0.1) is 6.26 Å². The van der Waals surface area contributed by atoms with Crippen molar-refractivity contribution in [3.05, 3.63) is 90.7 Å². The lowest BCUT2D eigenvalue weighted by molar-refractivity contribution is -0.194. The molecule has 0 atom stereocenters. The van der Waals surface area contributed by atoms with E-state index >= 15 is 0 Å². The van der Waals surface area contributed by atoms with Crippen molar-refractivity contribution >= 4 is 23.1 Å². The lowest BCUT2D eigenvalue weighted by Crippen LogP contribution is -2.47. The predicted octanol–water partition coefficient (Wildman–Crippen LogP) is 4.23. The number of fused-ring (bicyclic) bond motifs is 1. The summed E-state index contributed by atoms with van der Waals surface area (Å²) in [5, 5.41) is 8.05. The normalized spacial score (nSPS) is 14.3. The van der Waals surface area contributed by atoms with Crippen molar-refractivity contribution < 1.29 is 13.9 Å². The van der Waals surface area contributed by atoms with Gasteiger partial charge < -0.3 is 23.7 Å². The zero-order valence-corrected chi connectivity index (χ0v) is 21.3. The molecule has 1 N–H and O–H groups in total. The molecule has 0 saturated carbocycles. The summed E-state index contributed by atoms with van der Waals surface area (Å²) in [5.41, 5.74) is 2.64. The van der Waals surface area contributed by atoms with Crippen molar-refractivity contribution in [2.45, 2.75) is 5.91 Å². The number of piperazine rings is 1. The average molecular weight is 512 g/mol. The molecule has 10 nitrogen and oxygen atoms in total. The standard InChI is InChI=1S/C28H29N7O3/c1-36-28(37-2,21-10-5-3-6-11-21)31-27-30-24(20-25-29-26(32-35(25)27)23-14-9-19-38-23)34-17-15-33(16-18-34)22-12-7-4-8-13-22/h3-14,19-20H,15-18H2,1-2H3,(H,30,31). The molecule has 0 aliphatic carbocycles. The molecule has 1 aliphatic heterocycles. The average Bonchev–Trinajstić information content (AvgIpc) is 3.68. The molecule has 0 radical (unpaired) electrons. The molecule has 1 fully saturated rings. The largest absolute Gasteiger partial charge is 0.461 e. The molecule has 0 bridgehead atoms. The van der Waals surface area contributed by atoms with Crippen LogP contribution < -0.4 is 15.1 Å². The summed E-state index contributed by atoms with van der Waals surface area (Å²) in [5.74, 6) is 0.973. The fraction of sp³-hybridized carbons (Fsp3) is 0.250. The van der Waals surface area contributed by atoms with Crippen LogP contribution in [0.1, 0.15) is 5.56 Å². The third kappa shape index (κ3) is 4.44. The molecule has 0 amide bonds. The summed E-state index contributed by atoms with van der Waals surface area (Å²) in [6.45, 7) is 3.40. The molecule has 38 heavy (non-hydrogen) atoms. The highest BCUT2D eigenvalue weighted by atomic mass is 16.7. The molecule has 0 unspecified atom stereocenters. The number of hydrogen-bond acceptors (Lipinski definition) is 9. The number of aromatic nitrogens is 4. The molecule has 3 aromatic heterocycles. The van der Waals surface area contributed by atoms with Gasteiger partial charge in [-0.15, -0.1) is 5.10 Å². The predicted molar refractivity (Wildman–Crippen MR) is 145 cm³/mol. The Morgan fingerprint density at radius 1 is 0.816 bits per heavy atom. The fourth-order valence-electron chi connectivity index (χ4n) is 4.76. The Hall–Kier alpha value is -4.41. The van der Waals surface area contributed by atoms with E-state index in [1.807, 2.05) is 54.6 Å². The first-order chi connectivity index (χ1) is 18.7.